The second-order valence-corrected chi connectivity index (χ2v) is 2.71. The highest BCUT2D eigenvalue weighted by Crippen LogP contribution is 2.06. The molecule has 0 saturated carbocycles. The lowest BCUT2D eigenvalue weighted by atomic mass is 10.1. The lowest BCUT2D eigenvalue weighted by Gasteiger charge is -1.98. The summed E-state index contributed by atoms with van der Waals surface area (Å²) in [5, 5.41) is 0. The van der Waals surface area contributed by atoms with Crippen molar-refractivity contribution in [1.29, 1.82) is 0 Å². The minimum atomic E-state index is -0.334. The molecule has 0 aliphatic heterocycles. The fourth-order valence-corrected chi connectivity index (χ4v) is 1.08. The van der Waals surface area contributed by atoms with E-state index in [2.05, 4.69) is 3.07 Å². The highest BCUT2D eigenvalue weighted by molar-refractivity contribution is 14.1. The number of hydrogen-bond acceptors (Lipinski definition) is 3. The standard InChI is InChI=1S/C8H8INO2/c9-12-8(11)7-3-1-6(5-10)2-4-7/h1-4H,5,10H2. The maximum absolute atomic E-state index is 11.0. The minimum Gasteiger partial charge on any atom is -0.391 e. The lowest BCUT2D eigenvalue weighted by molar-refractivity contribution is 0.0800. The number of carbonyl (C=O) groups excluding carboxylic acids is 1. The summed E-state index contributed by atoms with van der Waals surface area (Å²) in [4.78, 5) is 11.0. The Hall–Kier alpha value is -0.620. The van der Waals surface area contributed by atoms with E-state index >= 15 is 0 Å². The fraction of sp³-hybridized carbons (Fsp3) is 0.125. The van der Waals surface area contributed by atoms with E-state index in [1.807, 2.05) is 12.1 Å². The maximum atomic E-state index is 11.0. The van der Waals surface area contributed by atoms with Crippen LogP contribution in [0.4, 0.5) is 0 Å². The summed E-state index contributed by atoms with van der Waals surface area (Å²) in [5.74, 6) is -0.334. The molecule has 1 rings (SSSR count). The first-order valence-electron chi connectivity index (χ1n) is 3.40. The third-order valence-electron chi connectivity index (χ3n) is 1.50. The molecule has 3 nitrogen and oxygen atoms in total. The van der Waals surface area contributed by atoms with Gasteiger partial charge < -0.3 is 8.80 Å². The lowest BCUT2D eigenvalue weighted by Crippen LogP contribution is -2.00. The zero-order valence-corrected chi connectivity index (χ0v) is 8.45. The van der Waals surface area contributed by atoms with Gasteiger partial charge in [0.05, 0.1) is 5.56 Å². The largest absolute Gasteiger partial charge is 0.391 e. The zero-order chi connectivity index (χ0) is 8.97. The second-order valence-electron chi connectivity index (χ2n) is 2.27. The quantitative estimate of drug-likeness (QED) is 0.836. The summed E-state index contributed by atoms with van der Waals surface area (Å²) in [6.45, 7) is 0.486. The molecule has 0 aliphatic rings. The first kappa shape index (κ1) is 9.47. The number of nitrogens with two attached hydrogens (primary N) is 1. The molecule has 2 N–H and O–H groups in total. The molecule has 0 amide bonds. The average molecular weight is 277 g/mol. The number of benzene rings is 1. The first-order valence-corrected chi connectivity index (χ1v) is 4.28. The van der Waals surface area contributed by atoms with Gasteiger partial charge >= 0.3 is 5.97 Å². The van der Waals surface area contributed by atoms with E-state index in [9.17, 15) is 4.79 Å². The molecule has 0 heterocycles. The first-order chi connectivity index (χ1) is 5.77. The van der Waals surface area contributed by atoms with Crippen LogP contribution in [0.5, 0.6) is 0 Å². The van der Waals surface area contributed by atoms with Crippen LogP contribution < -0.4 is 5.73 Å². The molecule has 0 fully saturated rings. The van der Waals surface area contributed by atoms with Crippen molar-refractivity contribution in [3.63, 3.8) is 0 Å². The average Bonchev–Trinajstić information content (AvgIpc) is 2.17. The van der Waals surface area contributed by atoms with Gasteiger partial charge in [-0.05, 0) is 17.7 Å². The van der Waals surface area contributed by atoms with Crippen molar-refractivity contribution >= 4 is 29.0 Å². The van der Waals surface area contributed by atoms with Crippen LogP contribution in [0, 0.1) is 0 Å². The van der Waals surface area contributed by atoms with Crippen LogP contribution in [-0.2, 0) is 9.61 Å². The smallest absolute Gasteiger partial charge is 0.347 e. The van der Waals surface area contributed by atoms with E-state index in [0.29, 0.717) is 12.1 Å². The van der Waals surface area contributed by atoms with Crippen LogP contribution in [0.25, 0.3) is 0 Å². The van der Waals surface area contributed by atoms with Gasteiger partial charge in [-0.25, -0.2) is 4.79 Å². The van der Waals surface area contributed by atoms with Crippen molar-refractivity contribution in [3.05, 3.63) is 35.4 Å². The Morgan fingerprint density at radius 2 is 2.00 bits per heavy atom. The Morgan fingerprint density at radius 3 is 2.42 bits per heavy atom. The van der Waals surface area contributed by atoms with Crippen molar-refractivity contribution < 1.29 is 7.86 Å². The van der Waals surface area contributed by atoms with E-state index < -0.39 is 0 Å². The van der Waals surface area contributed by atoms with Crippen molar-refractivity contribution in [3.8, 4) is 0 Å². The van der Waals surface area contributed by atoms with E-state index in [1.54, 1.807) is 35.1 Å². The van der Waals surface area contributed by atoms with Gasteiger partial charge in [-0.15, -0.1) is 0 Å². The van der Waals surface area contributed by atoms with Crippen molar-refractivity contribution in [2.75, 3.05) is 0 Å². The molecule has 1 aromatic rings. The van der Waals surface area contributed by atoms with Gasteiger partial charge in [0.25, 0.3) is 0 Å². The Kier molecular flexibility index (Phi) is 3.48. The minimum absolute atomic E-state index is 0.334. The summed E-state index contributed by atoms with van der Waals surface area (Å²) in [5.41, 5.74) is 6.93. The molecule has 0 atom stereocenters. The molecule has 0 aliphatic carbocycles. The molecule has 1 aromatic carbocycles. The third kappa shape index (κ3) is 2.18. The van der Waals surface area contributed by atoms with E-state index in [0.717, 1.165) is 5.56 Å². The van der Waals surface area contributed by atoms with Gasteiger partial charge in [-0.3, -0.25) is 0 Å². The molecular formula is C8H8INO2. The molecule has 0 bridgehead atoms. The van der Waals surface area contributed by atoms with Crippen LogP contribution in [-0.4, -0.2) is 5.97 Å². The van der Waals surface area contributed by atoms with Gasteiger partial charge in [-0.1, -0.05) is 12.1 Å². The highest BCUT2D eigenvalue weighted by atomic mass is 127. The topological polar surface area (TPSA) is 52.3 Å². The van der Waals surface area contributed by atoms with Crippen LogP contribution in [0.15, 0.2) is 24.3 Å². The van der Waals surface area contributed by atoms with Gasteiger partial charge in [0.2, 0.25) is 0 Å². The van der Waals surface area contributed by atoms with Gasteiger partial charge in [0, 0.05) is 6.54 Å². The monoisotopic (exact) mass is 277 g/mol. The molecule has 12 heavy (non-hydrogen) atoms. The zero-order valence-electron chi connectivity index (χ0n) is 6.29. The Balaban J connectivity index is 2.84. The summed E-state index contributed by atoms with van der Waals surface area (Å²) in [7, 11) is 0. The van der Waals surface area contributed by atoms with Crippen LogP contribution in [0.2, 0.25) is 0 Å². The molecular weight excluding hydrogens is 269 g/mol. The Labute approximate surface area is 84.6 Å². The summed E-state index contributed by atoms with van der Waals surface area (Å²) >= 11 is 1.56. The predicted molar refractivity (Wildman–Crippen MR) is 53.8 cm³/mol. The molecule has 0 radical (unpaired) electrons. The number of carbonyl (C=O) groups is 1. The molecule has 0 aromatic heterocycles. The molecule has 64 valence electrons. The number of hydrogen-bond donors (Lipinski definition) is 1. The fourth-order valence-electron chi connectivity index (χ4n) is 0.821. The van der Waals surface area contributed by atoms with Gasteiger partial charge in [-0.2, -0.15) is 0 Å². The van der Waals surface area contributed by atoms with E-state index in [4.69, 9.17) is 5.73 Å². The molecule has 4 heteroatoms. The molecule has 0 spiro atoms. The van der Waals surface area contributed by atoms with Crippen LogP contribution >= 0.6 is 23.0 Å². The summed E-state index contributed by atoms with van der Waals surface area (Å²) in [6, 6.07) is 7.01. The summed E-state index contributed by atoms with van der Waals surface area (Å²) < 4.78 is 4.51. The normalized spacial score (nSPS) is 9.50. The molecule has 0 unspecified atom stereocenters. The van der Waals surface area contributed by atoms with Crippen LogP contribution in [0.1, 0.15) is 15.9 Å². The Bertz CT molecular complexity index is 271. The Morgan fingerprint density at radius 1 is 1.42 bits per heavy atom. The van der Waals surface area contributed by atoms with Gasteiger partial charge in [0.1, 0.15) is 0 Å². The van der Waals surface area contributed by atoms with Gasteiger partial charge in [0.15, 0.2) is 23.0 Å². The van der Waals surface area contributed by atoms with Crippen LogP contribution in [0.3, 0.4) is 0 Å². The van der Waals surface area contributed by atoms with Crippen molar-refractivity contribution in [2.45, 2.75) is 6.54 Å². The van der Waals surface area contributed by atoms with E-state index in [-0.39, 0.29) is 5.97 Å². The SMILES string of the molecule is NCc1ccc(C(=O)OI)cc1. The predicted octanol–water partition coefficient (Wildman–Crippen LogP) is 1.65. The third-order valence-corrected chi connectivity index (χ3v) is 1.90. The number of halogens is 1. The summed E-state index contributed by atoms with van der Waals surface area (Å²) in [6.07, 6.45) is 0. The van der Waals surface area contributed by atoms with E-state index in [1.165, 1.54) is 0 Å². The highest BCUT2D eigenvalue weighted by Gasteiger charge is 2.03. The second kappa shape index (κ2) is 4.42. The maximum Gasteiger partial charge on any atom is 0.347 e. The number of rotatable bonds is 2. The molecule has 0 saturated heterocycles. The van der Waals surface area contributed by atoms with Crippen molar-refractivity contribution in [2.24, 2.45) is 5.73 Å². The van der Waals surface area contributed by atoms with Crippen molar-refractivity contribution in [1.82, 2.24) is 0 Å².